The summed E-state index contributed by atoms with van der Waals surface area (Å²) in [6, 6.07) is 0.0885. The largest absolute Gasteiger partial charge is 0.364 e. The van der Waals surface area contributed by atoms with Crippen LogP contribution < -0.4 is 10.2 Å². The van der Waals surface area contributed by atoms with Gasteiger partial charge in [0.25, 0.3) is 0 Å². The fourth-order valence-corrected chi connectivity index (χ4v) is 1.86. The highest BCUT2D eigenvalue weighted by molar-refractivity contribution is 5.70. The van der Waals surface area contributed by atoms with Gasteiger partial charge in [-0.1, -0.05) is 20.8 Å². The first-order valence-corrected chi connectivity index (χ1v) is 6.66. The monoisotopic (exact) mass is 281 g/mol. The van der Waals surface area contributed by atoms with Crippen molar-refractivity contribution in [1.29, 1.82) is 0 Å². The van der Waals surface area contributed by atoms with Crippen molar-refractivity contribution in [2.45, 2.75) is 40.7 Å². The molecule has 1 unspecified atom stereocenters. The van der Waals surface area contributed by atoms with Crippen molar-refractivity contribution in [3.8, 4) is 0 Å². The number of nitrogens with one attached hydrogen (secondary N) is 1. The van der Waals surface area contributed by atoms with Gasteiger partial charge in [0.15, 0.2) is 0 Å². The van der Waals surface area contributed by atoms with Crippen molar-refractivity contribution in [2.75, 3.05) is 23.8 Å². The van der Waals surface area contributed by atoms with Crippen LogP contribution >= 0.6 is 0 Å². The summed E-state index contributed by atoms with van der Waals surface area (Å²) in [5.74, 6) is 0.596. The van der Waals surface area contributed by atoms with E-state index < -0.39 is 4.92 Å². The third-order valence-electron chi connectivity index (χ3n) is 3.50. The zero-order valence-electron chi connectivity index (χ0n) is 13.0. The molecule has 20 heavy (non-hydrogen) atoms. The molecule has 0 aliphatic heterocycles. The van der Waals surface area contributed by atoms with Crippen molar-refractivity contribution in [3.63, 3.8) is 0 Å². The van der Waals surface area contributed by atoms with Gasteiger partial charge in [-0.3, -0.25) is 10.1 Å². The highest BCUT2D eigenvalue weighted by Gasteiger charge is 2.31. The Morgan fingerprint density at radius 1 is 1.45 bits per heavy atom. The molecule has 0 fully saturated rings. The first-order valence-electron chi connectivity index (χ1n) is 6.66. The molecule has 0 bridgehead atoms. The molecule has 1 rings (SSSR count). The molecule has 7 nitrogen and oxygen atoms in total. The summed E-state index contributed by atoms with van der Waals surface area (Å²) in [6.07, 6.45) is 1.35. The van der Waals surface area contributed by atoms with Gasteiger partial charge in [0.05, 0.1) is 4.92 Å². The van der Waals surface area contributed by atoms with E-state index in [1.807, 2.05) is 25.8 Å². The molecule has 0 aliphatic rings. The van der Waals surface area contributed by atoms with Crippen LogP contribution in [0.4, 0.5) is 17.3 Å². The maximum atomic E-state index is 11.4. The smallest absolute Gasteiger partial charge is 0.353 e. The fraction of sp³-hybridized carbons (Fsp3) is 0.692. The third kappa shape index (κ3) is 3.34. The number of anilines is 2. The van der Waals surface area contributed by atoms with E-state index in [4.69, 9.17) is 0 Å². The van der Waals surface area contributed by atoms with Gasteiger partial charge in [-0.2, -0.15) is 0 Å². The normalized spacial score (nSPS) is 12.9. The summed E-state index contributed by atoms with van der Waals surface area (Å²) in [5, 5.41) is 14.3. The fourth-order valence-electron chi connectivity index (χ4n) is 1.86. The first kappa shape index (κ1) is 16.1. The van der Waals surface area contributed by atoms with Crippen LogP contribution in [0.25, 0.3) is 0 Å². The Balaban J connectivity index is 3.30. The minimum absolute atomic E-state index is 0.0219. The molecular formula is C13H23N5O2. The molecule has 1 aromatic rings. The molecule has 1 atom stereocenters. The summed E-state index contributed by atoms with van der Waals surface area (Å²) >= 11 is 0. The molecule has 0 aliphatic carbocycles. The SMILES string of the molecule is CCNc1ncnc(N(C)C(C)C(C)(C)C)c1[N+](=O)[O-]. The minimum Gasteiger partial charge on any atom is -0.364 e. The maximum Gasteiger partial charge on any atom is 0.353 e. The van der Waals surface area contributed by atoms with Gasteiger partial charge in [-0.15, -0.1) is 0 Å². The van der Waals surface area contributed by atoms with Gasteiger partial charge in [-0.05, 0) is 19.3 Å². The Kier molecular flexibility index (Phi) is 4.86. The standard InChI is InChI=1S/C13H23N5O2/c1-7-14-11-10(18(19)20)12(16-8-15-11)17(6)9(2)13(3,4)5/h8-9H,7H2,1-6H3,(H,14,15,16). The Bertz CT molecular complexity index is 484. The second-order valence-electron chi connectivity index (χ2n) is 5.83. The topological polar surface area (TPSA) is 84.2 Å². The summed E-state index contributed by atoms with van der Waals surface area (Å²) < 4.78 is 0. The summed E-state index contributed by atoms with van der Waals surface area (Å²) in [4.78, 5) is 20.8. The number of hydrogen-bond donors (Lipinski definition) is 1. The lowest BCUT2D eigenvalue weighted by Crippen LogP contribution is -2.40. The average molecular weight is 281 g/mol. The molecule has 0 amide bonds. The van der Waals surface area contributed by atoms with Crippen LogP contribution in [0.3, 0.4) is 0 Å². The number of hydrogen-bond acceptors (Lipinski definition) is 6. The van der Waals surface area contributed by atoms with Crippen LogP contribution in [0, 0.1) is 15.5 Å². The lowest BCUT2D eigenvalue weighted by molar-refractivity contribution is -0.383. The van der Waals surface area contributed by atoms with E-state index in [9.17, 15) is 10.1 Å². The first-order chi connectivity index (χ1) is 9.20. The minimum atomic E-state index is -0.431. The number of aromatic nitrogens is 2. The zero-order valence-corrected chi connectivity index (χ0v) is 13.0. The van der Waals surface area contributed by atoms with Crippen molar-refractivity contribution in [2.24, 2.45) is 5.41 Å². The van der Waals surface area contributed by atoms with E-state index in [1.54, 1.807) is 0 Å². The van der Waals surface area contributed by atoms with Gasteiger partial charge in [-0.25, -0.2) is 9.97 Å². The molecule has 0 spiro atoms. The Hall–Kier alpha value is -1.92. The molecule has 0 radical (unpaired) electrons. The van der Waals surface area contributed by atoms with Gasteiger partial charge in [0, 0.05) is 19.6 Å². The second-order valence-corrected chi connectivity index (χ2v) is 5.83. The predicted molar refractivity (Wildman–Crippen MR) is 80.2 cm³/mol. The van der Waals surface area contributed by atoms with E-state index in [1.165, 1.54) is 6.33 Å². The molecule has 112 valence electrons. The highest BCUT2D eigenvalue weighted by Crippen LogP contribution is 2.35. The molecule has 7 heteroatoms. The molecule has 1 N–H and O–H groups in total. The number of nitrogens with zero attached hydrogens (tertiary/aromatic N) is 4. The molecule has 0 saturated carbocycles. The molecule has 0 aromatic carbocycles. The molecular weight excluding hydrogens is 258 g/mol. The van der Waals surface area contributed by atoms with Crippen molar-refractivity contribution in [1.82, 2.24) is 9.97 Å². The van der Waals surface area contributed by atoms with Gasteiger partial charge < -0.3 is 10.2 Å². The Morgan fingerprint density at radius 2 is 2.05 bits per heavy atom. The number of rotatable bonds is 5. The van der Waals surface area contributed by atoms with Crippen LogP contribution in [0.15, 0.2) is 6.33 Å². The molecule has 1 heterocycles. The van der Waals surface area contributed by atoms with Gasteiger partial charge in [0.2, 0.25) is 11.6 Å². The summed E-state index contributed by atoms with van der Waals surface area (Å²) in [5.41, 5.74) is -0.0979. The van der Waals surface area contributed by atoms with Crippen LogP contribution in [-0.2, 0) is 0 Å². The Morgan fingerprint density at radius 3 is 2.50 bits per heavy atom. The van der Waals surface area contributed by atoms with E-state index >= 15 is 0 Å². The maximum absolute atomic E-state index is 11.4. The third-order valence-corrected chi connectivity index (χ3v) is 3.50. The van der Waals surface area contributed by atoms with Crippen molar-refractivity contribution >= 4 is 17.3 Å². The molecule has 0 saturated heterocycles. The van der Waals surface area contributed by atoms with E-state index in [2.05, 4.69) is 36.1 Å². The van der Waals surface area contributed by atoms with Crippen LogP contribution in [-0.4, -0.2) is 34.5 Å². The van der Waals surface area contributed by atoms with Crippen LogP contribution in [0.5, 0.6) is 0 Å². The highest BCUT2D eigenvalue weighted by atomic mass is 16.6. The Labute approximate surface area is 119 Å². The summed E-state index contributed by atoms with van der Waals surface area (Å²) in [7, 11) is 1.82. The van der Waals surface area contributed by atoms with Crippen LogP contribution in [0.1, 0.15) is 34.6 Å². The predicted octanol–water partition coefficient (Wildman–Crippen LogP) is 2.69. The number of nitro groups is 1. The lowest BCUT2D eigenvalue weighted by atomic mass is 9.87. The average Bonchev–Trinajstić information content (AvgIpc) is 2.35. The van der Waals surface area contributed by atoms with E-state index in [0.717, 1.165) is 0 Å². The molecule has 1 aromatic heterocycles. The quantitative estimate of drug-likeness (QED) is 0.660. The second kappa shape index (κ2) is 6.02. The van der Waals surface area contributed by atoms with Crippen molar-refractivity contribution in [3.05, 3.63) is 16.4 Å². The van der Waals surface area contributed by atoms with Crippen molar-refractivity contribution < 1.29 is 4.92 Å². The summed E-state index contributed by atoms with van der Waals surface area (Å²) in [6.45, 7) is 10.7. The van der Waals surface area contributed by atoms with Gasteiger partial charge >= 0.3 is 5.69 Å². The zero-order chi connectivity index (χ0) is 15.5. The van der Waals surface area contributed by atoms with E-state index in [-0.39, 0.29) is 23.0 Å². The van der Waals surface area contributed by atoms with Crippen LogP contribution in [0.2, 0.25) is 0 Å². The van der Waals surface area contributed by atoms with E-state index in [0.29, 0.717) is 12.4 Å². The lowest BCUT2D eigenvalue weighted by Gasteiger charge is -2.35. The van der Waals surface area contributed by atoms with Gasteiger partial charge in [0.1, 0.15) is 6.33 Å².